The number of carbonyl (C=O) groups excluding carboxylic acids is 2. The third kappa shape index (κ3) is 6.59. The van der Waals surface area contributed by atoms with Gasteiger partial charge in [0.1, 0.15) is 0 Å². The van der Waals surface area contributed by atoms with Crippen molar-refractivity contribution >= 4 is 34.5 Å². The highest BCUT2D eigenvalue weighted by atomic mass is 16.2. The summed E-state index contributed by atoms with van der Waals surface area (Å²) in [5.74, 6) is -0.376. The summed E-state index contributed by atoms with van der Waals surface area (Å²) in [6.45, 7) is 7.30. The fourth-order valence-corrected chi connectivity index (χ4v) is 5.89. The number of hydrogen-bond acceptors (Lipinski definition) is 5. The van der Waals surface area contributed by atoms with Crippen molar-refractivity contribution in [3.05, 3.63) is 131 Å². The van der Waals surface area contributed by atoms with Crippen LogP contribution in [0.15, 0.2) is 103 Å². The van der Waals surface area contributed by atoms with Gasteiger partial charge in [0.15, 0.2) is 0 Å². The van der Waals surface area contributed by atoms with Crippen LogP contribution in [0.1, 0.15) is 52.0 Å². The Kier molecular flexibility index (Phi) is 8.86. The molecule has 6 rings (SSSR count). The molecule has 44 heavy (non-hydrogen) atoms. The van der Waals surface area contributed by atoms with Gasteiger partial charge in [-0.1, -0.05) is 79.7 Å². The van der Waals surface area contributed by atoms with E-state index in [9.17, 15) is 9.59 Å². The van der Waals surface area contributed by atoms with Crippen LogP contribution in [0.3, 0.4) is 0 Å². The van der Waals surface area contributed by atoms with E-state index in [0.717, 1.165) is 56.0 Å². The summed E-state index contributed by atoms with van der Waals surface area (Å²) < 4.78 is 0. The maximum atomic E-state index is 13.5. The maximum absolute atomic E-state index is 13.5. The van der Waals surface area contributed by atoms with Crippen LogP contribution in [-0.2, 0) is 11.3 Å². The van der Waals surface area contributed by atoms with Crippen LogP contribution in [0.25, 0.3) is 11.3 Å². The zero-order valence-corrected chi connectivity index (χ0v) is 25.3. The second-order valence-electron chi connectivity index (χ2n) is 11.6. The first-order chi connectivity index (χ1) is 21.5. The third-order valence-electron chi connectivity index (χ3n) is 8.48. The smallest absolute Gasteiger partial charge is 0.258 e. The van der Waals surface area contributed by atoms with Crippen LogP contribution in [0.2, 0.25) is 0 Å². The minimum atomic E-state index is -0.202. The number of benzene rings is 4. The molecular formula is C37H39N5O2. The van der Waals surface area contributed by atoms with Crippen LogP contribution in [0, 0.1) is 0 Å². The van der Waals surface area contributed by atoms with E-state index in [1.807, 2.05) is 72.8 Å². The topological polar surface area (TPSA) is 76.7 Å². The molecule has 7 heteroatoms. The van der Waals surface area contributed by atoms with Crippen molar-refractivity contribution in [1.29, 1.82) is 0 Å². The molecule has 2 aliphatic heterocycles. The number of nitrogens with zero attached hydrogens (tertiary/aromatic N) is 2. The Morgan fingerprint density at radius 1 is 0.841 bits per heavy atom. The molecule has 1 atom stereocenters. The molecule has 1 saturated heterocycles. The lowest BCUT2D eigenvalue weighted by Crippen LogP contribution is -2.43. The minimum absolute atomic E-state index is 0.104. The maximum Gasteiger partial charge on any atom is 0.258 e. The lowest BCUT2D eigenvalue weighted by atomic mass is 9.97. The molecule has 0 spiro atoms. The Balaban J connectivity index is 1.29. The molecule has 0 aliphatic carbocycles. The summed E-state index contributed by atoms with van der Waals surface area (Å²) in [5, 5.41) is 9.73. The molecule has 2 aliphatic rings. The van der Waals surface area contributed by atoms with E-state index in [1.54, 1.807) is 6.07 Å². The first-order valence-corrected chi connectivity index (χ1v) is 15.4. The third-order valence-corrected chi connectivity index (χ3v) is 8.48. The molecule has 224 valence electrons. The van der Waals surface area contributed by atoms with Gasteiger partial charge in [0.2, 0.25) is 0 Å². The molecule has 0 unspecified atom stereocenters. The number of rotatable bonds is 9. The standard InChI is InChI=1S/C37H39N5O2/c1-3-32(27-10-6-4-7-11-27)39-36(43)29-16-19-33-31(24-29)34(37(44)40-33)35(28-12-8-5-9-13-28)38-30-17-14-26(15-18-30)25-42-22-20-41(2)21-23-42/h4-19,24,32,38H,3,20-23,25H2,1-2H3,(H,39,43)(H,40,44)/b35-34-/t32-/m1/s1. The Morgan fingerprint density at radius 3 is 2.20 bits per heavy atom. The molecule has 0 radical (unpaired) electrons. The lowest BCUT2D eigenvalue weighted by molar-refractivity contribution is -0.110. The fraction of sp³-hybridized carbons (Fsp3) is 0.243. The van der Waals surface area contributed by atoms with E-state index < -0.39 is 0 Å². The number of likely N-dealkylation sites (N-methyl/N-ethyl adjacent to an activating group) is 1. The first-order valence-electron chi connectivity index (χ1n) is 15.4. The second-order valence-corrected chi connectivity index (χ2v) is 11.6. The zero-order chi connectivity index (χ0) is 30.5. The van der Waals surface area contributed by atoms with Crippen molar-refractivity contribution < 1.29 is 9.59 Å². The molecule has 7 nitrogen and oxygen atoms in total. The van der Waals surface area contributed by atoms with Gasteiger partial charge in [0.25, 0.3) is 11.8 Å². The summed E-state index contributed by atoms with van der Waals surface area (Å²) in [6, 6.07) is 33.6. The van der Waals surface area contributed by atoms with Gasteiger partial charge in [-0.25, -0.2) is 0 Å². The monoisotopic (exact) mass is 585 g/mol. The summed E-state index contributed by atoms with van der Waals surface area (Å²) >= 11 is 0. The summed E-state index contributed by atoms with van der Waals surface area (Å²) in [5.41, 5.74) is 7.20. The number of carbonyl (C=O) groups is 2. The van der Waals surface area contributed by atoms with Crippen molar-refractivity contribution in [2.75, 3.05) is 43.9 Å². The summed E-state index contributed by atoms with van der Waals surface area (Å²) in [4.78, 5) is 31.8. The first kappa shape index (κ1) is 29.4. The molecule has 2 heterocycles. The molecule has 0 aromatic heterocycles. The average molecular weight is 586 g/mol. The largest absolute Gasteiger partial charge is 0.354 e. The van der Waals surface area contributed by atoms with E-state index in [0.29, 0.717) is 28.1 Å². The number of hydrogen-bond donors (Lipinski definition) is 3. The van der Waals surface area contributed by atoms with Crippen LogP contribution in [0.5, 0.6) is 0 Å². The Bertz CT molecular complexity index is 1640. The van der Waals surface area contributed by atoms with Crippen molar-refractivity contribution in [2.24, 2.45) is 0 Å². The van der Waals surface area contributed by atoms with E-state index in [4.69, 9.17) is 0 Å². The highest BCUT2D eigenvalue weighted by Crippen LogP contribution is 2.38. The SMILES string of the molecule is CC[C@@H](NC(=O)c1ccc2c(c1)/C(=C(/Nc1ccc(CN3CCN(C)CC3)cc1)c1ccccc1)C(=O)N2)c1ccccc1. The normalized spacial score (nSPS) is 17.0. The number of piperazine rings is 1. The van der Waals surface area contributed by atoms with Crippen LogP contribution >= 0.6 is 0 Å². The quantitative estimate of drug-likeness (QED) is 0.203. The van der Waals surface area contributed by atoms with Crippen molar-refractivity contribution in [3.8, 4) is 0 Å². The van der Waals surface area contributed by atoms with Gasteiger partial charge in [0, 0.05) is 55.2 Å². The summed E-state index contributed by atoms with van der Waals surface area (Å²) in [6.07, 6.45) is 0.766. The van der Waals surface area contributed by atoms with Crippen molar-refractivity contribution in [3.63, 3.8) is 0 Å². The summed E-state index contributed by atoms with van der Waals surface area (Å²) in [7, 11) is 2.17. The van der Waals surface area contributed by atoms with Gasteiger partial charge in [-0.15, -0.1) is 0 Å². The average Bonchev–Trinajstić information content (AvgIpc) is 3.39. The van der Waals surface area contributed by atoms with Gasteiger partial charge in [-0.3, -0.25) is 14.5 Å². The second kappa shape index (κ2) is 13.3. The predicted molar refractivity (Wildman–Crippen MR) is 178 cm³/mol. The highest BCUT2D eigenvalue weighted by molar-refractivity contribution is 6.37. The van der Waals surface area contributed by atoms with Crippen molar-refractivity contribution in [2.45, 2.75) is 25.9 Å². The number of anilines is 2. The van der Waals surface area contributed by atoms with E-state index in [2.05, 4.69) is 64.0 Å². The van der Waals surface area contributed by atoms with Crippen LogP contribution in [-0.4, -0.2) is 54.8 Å². The molecule has 2 amide bonds. The highest BCUT2D eigenvalue weighted by Gasteiger charge is 2.30. The molecule has 0 saturated carbocycles. The van der Waals surface area contributed by atoms with Crippen LogP contribution in [0.4, 0.5) is 11.4 Å². The lowest BCUT2D eigenvalue weighted by Gasteiger charge is -2.32. The van der Waals surface area contributed by atoms with Gasteiger partial charge < -0.3 is 20.9 Å². The number of fused-ring (bicyclic) bond motifs is 1. The number of amides is 2. The van der Waals surface area contributed by atoms with Crippen molar-refractivity contribution in [1.82, 2.24) is 15.1 Å². The molecule has 1 fully saturated rings. The Labute approximate surface area is 259 Å². The predicted octanol–water partition coefficient (Wildman–Crippen LogP) is 6.25. The molecule has 0 bridgehead atoms. The molecule has 4 aromatic rings. The van der Waals surface area contributed by atoms with Gasteiger partial charge in [-0.2, -0.15) is 0 Å². The van der Waals surface area contributed by atoms with E-state index in [1.165, 1.54) is 5.56 Å². The Morgan fingerprint density at radius 2 is 1.52 bits per heavy atom. The molecular weight excluding hydrogens is 546 g/mol. The molecule has 3 N–H and O–H groups in total. The zero-order valence-electron chi connectivity index (χ0n) is 25.3. The van der Waals surface area contributed by atoms with E-state index >= 15 is 0 Å². The fourth-order valence-electron chi connectivity index (χ4n) is 5.89. The molecule has 4 aromatic carbocycles. The van der Waals surface area contributed by atoms with Gasteiger partial charge in [-0.05, 0) is 60.5 Å². The van der Waals surface area contributed by atoms with Crippen LogP contribution < -0.4 is 16.0 Å². The van der Waals surface area contributed by atoms with Gasteiger partial charge in [0.05, 0.1) is 17.3 Å². The van der Waals surface area contributed by atoms with Gasteiger partial charge >= 0.3 is 0 Å². The minimum Gasteiger partial charge on any atom is -0.354 e. The Hall–Kier alpha value is -4.72. The number of nitrogens with one attached hydrogen (secondary N) is 3. The van der Waals surface area contributed by atoms with E-state index in [-0.39, 0.29) is 17.9 Å².